The third-order valence-electron chi connectivity index (χ3n) is 4.09. The van der Waals surface area contributed by atoms with Crippen LogP contribution in [0.2, 0.25) is 0 Å². The molecule has 110 valence electrons. The summed E-state index contributed by atoms with van der Waals surface area (Å²) in [6.45, 7) is 2.57. The van der Waals surface area contributed by atoms with Gasteiger partial charge in [-0.25, -0.2) is 0 Å². The Morgan fingerprint density at radius 3 is 2.70 bits per heavy atom. The van der Waals surface area contributed by atoms with E-state index in [-0.39, 0.29) is 5.91 Å². The lowest BCUT2D eigenvalue weighted by molar-refractivity contribution is -0.115. The molecular weight excluding hydrogens is 316 g/mol. The van der Waals surface area contributed by atoms with Crippen LogP contribution >= 0.6 is 15.9 Å². The average Bonchev–Trinajstić information content (AvgIpc) is 2.48. The number of rotatable bonds is 5. The van der Waals surface area contributed by atoms with Crippen LogP contribution in [0.1, 0.15) is 39.0 Å². The molecule has 1 saturated carbocycles. The Morgan fingerprint density at radius 1 is 1.30 bits per heavy atom. The lowest BCUT2D eigenvalue weighted by Crippen LogP contribution is -2.39. The molecule has 1 aliphatic rings. The number of carbonyl (C=O) groups excluding carboxylic acids is 1. The number of amides is 1. The van der Waals surface area contributed by atoms with E-state index in [0.29, 0.717) is 12.6 Å². The number of anilines is 1. The second-order valence-electron chi connectivity index (χ2n) is 5.60. The molecule has 0 heterocycles. The lowest BCUT2D eigenvalue weighted by atomic mass is 9.84. The maximum absolute atomic E-state index is 12.0. The van der Waals surface area contributed by atoms with E-state index in [2.05, 4.69) is 33.5 Å². The van der Waals surface area contributed by atoms with E-state index in [1.807, 2.05) is 24.3 Å². The first-order chi connectivity index (χ1) is 9.66. The van der Waals surface area contributed by atoms with Gasteiger partial charge >= 0.3 is 0 Å². The van der Waals surface area contributed by atoms with Gasteiger partial charge in [-0.2, -0.15) is 0 Å². The predicted molar refractivity (Wildman–Crippen MR) is 86.8 cm³/mol. The van der Waals surface area contributed by atoms with Crippen molar-refractivity contribution in [3.63, 3.8) is 0 Å². The number of halogens is 1. The van der Waals surface area contributed by atoms with Crippen molar-refractivity contribution in [3.8, 4) is 0 Å². The van der Waals surface area contributed by atoms with Crippen molar-refractivity contribution >= 4 is 27.5 Å². The van der Waals surface area contributed by atoms with Crippen molar-refractivity contribution in [2.75, 3.05) is 11.9 Å². The number of carbonyl (C=O) groups is 1. The Balaban J connectivity index is 1.76. The van der Waals surface area contributed by atoms with Crippen molar-refractivity contribution < 1.29 is 4.79 Å². The van der Waals surface area contributed by atoms with Crippen LogP contribution in [0.3, 0.4) is 0 Å². The topological polar surface area (TPSA) is 41.1 Å². The molecular formula is C16H23BrN2O. The van der Waals surface area contributed by atoms with E-state index in [9.17, 15) is 4.79 Å². The number of nitrogens with one attached hydrogen (secondary N) is 2. The molecule has 20 heavy (non-hydrogen) atoms. The predicted octanol–water partition coefficient (Wildman–Crippen LogP) is 3.95. The van der Waals surface area contributed by atoms with Gasteiger partial charge in [-0.3, -0.25) is 4.79 Å². The molecule has 0 saturated heterocycles. The van der Waals surface area contributed by atoms with Gasteiger partial charge < -0.3 is 10.6 Å². The van der Waals surface area contributed by atoms with Crippen molar-refractivity contribution in [2.45, 2.75) is 45.1 Å². The van der Waals surface area contributed by atoms with E-state index in [1.54, 1.807) is 0 Å². The molecule has 0 radical (unpaired) electrons. The van der Waals surface area contributed by atoms with Gasteiger partial charge in [0.05, 0.1) is 12.2 Å². The van der Waals surface area contributed by atoms with Crippen LogP contribution in [0.25, 0.3) is 0 Å². The zero-order valence-corrected chi connectivity index (χ0v) is 13.6. The first-order valence-corrected chi connectivity index (χ1v) is 8.24. The van der Waals surface area contributed by atoms with E-state index in [1.165, 1.54) is 32.1 Å². The molecule has 1 amide bonds. The Bertz CT molecular complexity index is 444. The fourth-order valence-corrected chi connectivity index (χ4v) is 3.20. The van der Waals surface area contributed by atoms with Crippen molar-refractivity contribution in [1.29, 1.82) is 0 Å². The summed E-state index contributed by atoms with van der Waals surface area (Å²) < 4.78 is 0.911. The lowest BCUT2D eigenvalue weighted by Gasteiger charge is -2.28. The number of benzene rings is 1. The normalized spacial score (nSPS) is 17.7. The highest BCUT2D eigenvalue weighted by atomic mass is 79.9. The average molecular weight is 339 g/mol. The van der Waals surface area contributed by atoms with Crippen LogP contribution in [-0.4, -0.2) is 18.5 Å². The van der Waals surface area contributed by atoms with Crippen LogP contribution in [0.4, 0.5) is 5.69 Å². The fourth-order valence-electron chi connectivity index (χ4n) is 2.81. The van der Waals surface area contributed by atoms with Gasteiger partial charge in [0.25, 0.3) is 0 Å². The minimum Gasteiger partial charge on any atom is -0.324 e. The van der Waals surface area contributed by atoms with Gasteiger partial charge in [0.2, 0.25) is 5.91 Å². The summed E-state index contributed by atoms with van der Waals surface area (Å²) >= 11 is 3.43. The van der Waals surface area contributed by atoms with Crippen molar-refractivity contribution in [1.82, 2.24) is 5.32 Å². The Morgan fingerprint density at radius 2 is 2.00 bits per heavy atom. The van der Waals surface area contributed by atoms with Gasteiger partial charge in [0.15, 0.2) is 0 Å². The molecule has 3 nitrogen and oxygen atoms in total. The Kier molecular flexibility index (Phi) is 6.05. The standard InChI is InChI=1S/C16H23BrN2O/c1-12(13-7-3-2-4-8-13)18-11-16(20)19-15-10-6-5-9-14(15)17/h5-6,9-10,12-13,18H,2-4,7-8,11H2,1H3,(H,19,20)/t12-/m1/s1. The highest BCUT2D eigenvalue weighted by Gasteiger charge is 2.20. The van der Waals surface area contributed by atoms with Gasteiger partial charge in [0.1, 0.15) is 0 Å². The summed E-state index contributed by atoms with van der Waals surface area (Å²) in [7, 11) is 0. The molecule has 4 heteroatoms. The molecule has 1 fully saturated rings. The second-order valence-corrected chi connectivity index (χ2v) is 6.45. The van der Waals surface area contributed by atoms with Crippen LogP contribution < -0.4 is 10.6 Å². The fraction of sp³-hybridized carbons (Fsp3) is 0.562. The zero-order valence-electron chi connectivity index (χ0n) is 12.0. The first-order valence-electron chi connectivity index (χ1n) is 7.44. The third-order valence-corrected chi connectivity index (χ3v) is 4.78. The molecule has 2 rings (SSSR count). The van der Waals surface area contributed by atoms with Crippen LogP contribution in [0.15, 0.2) is 28.7 Å². The van der Waals surface area contributed by atoms with Gasteiger partial charge in [-0.05, 0) is 53.7 Å². The van der Waals surface area contributed by atoms with E-state index in [4.69, 9.17) is 0 Å². The number of hydrogen-bond donors (Lipinski definition) is 2. The van der Waals surface area contributed by atoms with Crippen LogP contribution in [0.5, 0.6) is 0 Å². The summed E-state index contributed by atoms with van der Waals surface area (Å²) in [5, 5.41) is 6.28. The van der Waals surface area contributed by atoms with Crippen LogP contribution in [0, 0.1) is 5.92 Å². The largest absolute Gasteiger partial charge is 0.324 e. The van der Waals surface area contributed by atoms with Gasteiger partial charge in [-0.15, -0.1) is 0 Å². The second kappa shape index (κ2) is 7.79. The molecule has 0 spiro atoms. The maximum atomic E-state index is 12.0. The molecule has 1 aromatic rings. The van der Waals surface area contributed by atoms with Crippen molar-refractivity contribution in [3.05, 3.63) is 28.7 Å². The molecule has 2 N–H and O–H groups in total. The third kappa shape index (κ3) is 4.60. The molecule has 1 atom stereocenters. The van der Waals surface area contributed by atoms with E-state index < -0.39 is 0 Å². The highest BCUT2D eigenvalue weighted by Crippen LogP contribution is 2.26. The Labute approximate surface area is 129 Å². The smallest absolute Gasteiger partial charge is 0.238 e. The summed E-state index contributed by atoms with van der Waals surface area (Å²) in [4.78, 5) is 12.0. The first kappa shape index (κ1) is 15.5. The molecule has 1 aliphatic carbocycles. The molecule has 0 bridgehead atoms. The summed E-state index contributed by atoms with van der Waals surface area (Å²) in [5.74, 6) is 0.736. The Hall–Kier alpha value is -0.870. The van der Waals surface area contributed by atoms with E-state index in [0.717, 1.165) is 16.1 Å². The minimum atomic E-state index is 0.0135. The summed E-state index contributed by atoms with van der Waals surface area (Å²) in [6.07, 6.45) is 6.62. The van der Waals surface area contributed by atoms with Gasteiger partial charge in [0, 0.05) is 10.5 Å². The summed E-state index contributed by atoms with van der Waals surface area (Å²) in [5.41, 5.74) is 0.824. The highest BCUT2D eigenvalue weighted by molar-refractivity contribution is 9.10. The SMILES string of the molecule is C[C@@H](NCC(=O)Nc1ccccc1Br)C1CCCCC1. The minimum absolute atomic E-state index is 0.0135. The molecule has 0 aliphatic heterocycles. The summed E-state index contributed by atoms with van der Waals surface area (Å²) in [6, 6.07) is 8.09. The molecule has 1 aromatic carbocycles. The monoisotopic (exact) mass is 338 g/mol. The molecule has 0 aromatic heterocycles. The molecule has 0 unspecified atom stereocenters. The van der Waals surface area contributed by atoms with Crippen LogP contribution in [-0.2, 0) is 4.79 Å². The van der Waals surface area contributed by atoms with Gasteiger partial charge in [-0.1, -0.05) is 31.4 Å². The quantitative estimate of drug-likeness (QED) is 0.853. The van der Waals surface area contributed by atoms with E-state index >= 15 is 0 Å². The zero-order chi connectivity index (χ0) is 14.4. The maximum Gasteiger partial charge on any atom is 0.238 e. The number of para-hydroxylation sites is 1. The van der Waals surface area contributed by atoms with Crippen molar-refractivity contribution in [2.24, 2.45) is 5.92 Å². The number of hydrogen-bond acceptors (Lipinski definition) is 2.